The zero-order valence-corrected chi connectivity index (χ0v) is 33.5. The predicted octanol–water partition coefficient (Wildman–Crippen LogP) is 17.1. The fourth-order valence-corrected chi connectivity index (χ4v) is 10.5. The maximum atomic E-state index is 2.49. The number of hydrogen-bond acceptors (Lipinski definition) is 2. The van der Waals surface area contributed by atoms with Gasteiger partial charge in [-0.3, -0.25) is 0 Å². The predicted molar refractivity (Wildman–Crippen MR) is 260 cm³/mol. The van der Waals surface area contributed by atoms with E-state index >= 15 is 0 Å². The molecule has 0 aliphatic carbocycles. The Morgan fingerprint density at radius 3 is 1.68 bits per heavy atom. The van der Waals surface area contributed by atoms with E-state index < -0.39 is 0 Å². The van der Waals surface area contributed by atoms with E-state index in [4.69, 9.17) is 0 Å². The minimum atomic E-state index is 1.10. The van der Waals surface area contributed by atoms with Crippen molar-refractivity contribution in [1.82, 2.24) is 0 Å². The van der Waals surface area contributed by atoms with Crippen LogP contribution in [0.2, 0.25) is 0 Å². The molecule has 0 aliphatic heterocycles. The van der Waals surface area contributed by atoms with Crippen molar-refractivity contribution in [2.24, 2.45) is 0 Å². The summed E-state index contributed by atoms with van der Waals surface area (Å²) < 4.78 is 2.64. The Hall–Kier alpha value is -7.52. The monoisotopic (exact) mass is 779 g/mol. The maximum absolute atomic E-state index is 2.49. The lowest BCUT2D eigenvalue weighted by atomic mass is 9.90. The number of benzene rings is 11. The van der Waals surface area contributed by atoms with Crippen LogP contribution in [0.5, 0.6) is 0 Å². The largest absolute Gasteiger partial charge is 0.310 e. The Morgan fingerprint density at radius 1 is 0.267 bits per heavy atom. The molecule has 0 saturated heterocycles. The maximum Gasteiger partial charge on any atom is 0.0540 e. The summed E-state index contributed by atoms with van der Waals surface area (Å²) in [5, 5.41) is 12.5. The minimum absolute atomic E-state index is 1.10. The number of anilines is 3. The summed E-state index contributed by atoms with van der Waals surface area (Å²) in [5.74, 6) is 0. The molecule has 0 aliphatic rings. The molecule has 280 valence electrons. The van der Waals surface area contributed by atoms with Gasteiger partial charge in [-0.1, -0.05) is 164 Å². The Balaban J connectivity index is 1.16. The highest BCUT2D eigenvalue weighted by Gasteiger charge is 2.22. The van der Waals surface area contributed by atoms with Gasteiger partial charge < -0.3 is 4.90 Å². The Morgan fingerprint density at radius 2 is 0.883 bits per heavy atom. The van der Waals surface area contributed by atoms with E-state index in [1.54, 1.807) is 0 Å². The van der Waals surface area contributed by atoms with E-state index in [1.807, 2.05) is 11.3 Å². The summed E-state index contributed by atoms with van der Waals surface area (Å²) in [4.78, 5) is 2.49. The summed E-state index contributed by atoms with van der Waals surface area (Å²) in [6, 6.07) is 82.8. The van der Waals surface area contributed by atoms with Gasteiger partial charge in [-0.05, 0) is 132 Å². The van der Waals surface area contributed by atoms with Gasteiger partial charge in [0, 0.05) is 37.1 Å². The first kappa shape index (κ1) is 34.5. The summed E-state index contributed by atoms with van der Waals surface area (Å²) in [7, 11) is 0. The van der Waals surface area contributed by atoms with Gasteiger partial charge in [-0.25, -0.2) is 0 Å². The third-order valence-electron chi connectivity index (χ3n) is 12.2. The lowest BCUT2D eigenvalue weighted by Crippen LogP contribution is -2.12. The summed E-state index contributed by atoms with van der Waals surface area (Å²) in [6.07, 6.45) is 0. The second-order valence-corrected chi connectivity index (χ2v) is 16.8. The van der Waals surface area contributed by atoms with Gasteiger partial charge in [0.25, 0.3) is 0 Å². The molecule has 0 saturated carbocycles. The van der Waals surface area contributed by atoms with Crippen molar-refractivity contribution >= 4 is 91.7 Å². The third-order valence-corrected chi connectivity index (χ3v) is 13.3. The number of hydrogen-bond donors (Lipinski definition) is 0. The molecule has 2 heteroatoms. The van der Waals surface area contributed by atoms with Gasteiger partial charge in [0.2, 0.25) is 0 Å². The van der Waals surface area contributed by atoms with Crippen LogP contribution in [0.25, 0.3) is 96.6 Å². The molecular formula is C58H37NS. The van der Waals surface area contributed by atoms with Crippen molar-refractivity contribution in [3.8, 4) is 33.4 Å². The molecule has 0 fully saturated rings. The first-order valence-corrected chi connectivity index (χ1v) is 21.4. The zero-order chi connectivity index (χ0) is 39.6. The molecule has 0 bridgehead atoms. The quantitative estimate of drug-likeness (QED) is 0.152. The van der Waals surface area contributed by atoms with Crippen LogP contribution in [0.3, 0.4) is 0 Å². The Labute approximate surface area is 352 Å². The van der Waals surface area contributed by atoms with Crippen molar-refractivity contribution in [2.45, 2.75) is 0 Å². The highest BCUT2D eigenvalue weighted by molar-refractivity contribution is 7.25. The molecule has 11 aromatic carbocycles. The van der Waals surface area contributed by atoms with Crippen LogP contribution in [0.4, 0.5) is 17.1 Å². The highest BCUT2D eigenvalue weighted by atomic mass is 32.1. The molecule has 1 heterocycles. The molecule has 0 atom stereocenters. The second-order valence-electron chi connectivity index (χ2n) is 15.7. The van der Waals surface area contributed by atoms with E-state index in [0.29, 0.717) is 0 Å². The van der Waals surface area contributed by atoms with Crippen molar-refractivity contribution in [3.63, 3.8) is 0 Å². The van der Waals surface area contributed by atoms with E-state index in [2.05, 4.69) is 229 Å². The molecule has 12 aromatic rings. The fourth-order valence-electron chi connectivity index (χ4n) is 9.34. The van der Waals surface area contributed by atoms with Gasteiger partial charge in [0.05, 0.1) is 5.69 Å². The van der Waals surface area contributed by atoms with E-state index in [-0.39, 0.29) is 0 Å². The van der Waals surface area contributed by atoms with Gasteiger partial charge in [0.1, 0.15) is 0 Å². The number of rotatable bonds is 6. The normalized spacial score (nSPS) is 11.7. The topological polar surface area (TPSA) is 3.24 Å². The van der Waals surface area contributed by atoms with Gasteiger partial charge in [0.15, 0.2) is 0 Å². The SMILES string of the molecule is c1ccc(-c2ccc(N(c3ccc4cc5sc6ccccc6c5cc4c3)c3cc(-c4cc5ccccc5c5ccccc45)c4ccccc4c3)c(-c3ccccc3)c2)cc1. The highest BCUT2D eigenvalue weighted by Crippen LogP contribution is 2.47. The van der Waals surface area contributed by atoms with Crippen LogP contribution in [0.15, 0.2) is 224 Å². The minimum Gasteiger partial charge on any atom is -0.310 e. The number of thiophene rings is 1. The van der Waals surface area contributed by atoms with Crippen LogP contribution in [0, 0.1) is 0 Å². The lowest BCUT2D eigenvalue weighted by molar-refractivity contribution is 1.29. The first-order chi connectivity index (χ1) is 29.7. The molecule has 0 N–H and O–H groups in total. The van der Waals surface area contributed by atoms with E-state index in [9.17, 15) is 0 Å². The molecular weight excluding hydrogens is 743 g/mol. The van der Waals surface area contributed by atoms with Gasteiger partial charge in [-0.2, -0.15) is 0 Å². The molecule has 0 unspecified atom stereocenters. The number of nitrogens with zero attached hydrogens (tertiary/aromatic N) is 1. The molecule has 1 nitrogen and oxygen atoms in total. The summed E-state index contributed by atoms with van der Waals surface area (Å²) >= 11 is 1.87. The van der Waals surface area contributed by atoms with Gasteiger partial charge >= 0.3 is 0 Å². The molecule has 0 amide bonds. The second kappa shape index (κ2) is 14.1. The van der Waals surface area contributed by atoms with Crippen molar-refractivity contribution in [3.05, 3.63) is 224 Å². The Bertz CT molecular complexity index is 3600. The van der Waals surface area contributed by atoms with Crippen molar-refractivity contribution in [1.29, 1.82) is 0 Å². The average Bonchev–Trinajstić information content (AvgIpc) is 3.68. The lowest BCUT2D eigenvalue weighted by Gasteiger charge is -2.30. The van der Waals surface area contributed by atoms with E-state index in [1.165, 1.54) is 96.6 Å². The summed E-state index contributed by atoms with van der Waals surface area (Å²) in [5.41, 5.74) is 10.5. The smallest absolute Gasteiger partial charge is 0.0540 e. The summed E-state index contributed by atoms with van der Waals surface area (Å²) in [6.45, 7) is 0. The van der Waals surface area contributed by atoms with Crippen LogP contribution < -0.4 is 4.90 Å². The molecule has 0 radical (unpaired) electrons. The zero-order valence-electron chi connectivity index (χ0n) is 32.7. The van der Waals surface area contributed by atoms with Crippen LogP contribution in [-0.2, 0) is 0 Å². The molecule has 12 rings (SSSR count). The number of fused-ring (bicyclic) bond motifs is 8. The third kappa shape index (κ3) is 5.76. The Kier molecular flexibility index (Phi) is 8.11. The van der Waals surface area contributed by atoms with Crippen LogP contribution >= 0.6 is 11.3 Å². The molecule has 60 heavy (non-hydrogen) atoms. The van der Waals surface area contributed by atoms with Crippen LogP contribution in [0.1, 0.15) is 0 Å². The van der Waals surface area contributed by atoms with Crippen molar-refractivity contribution < 1.29 is 0 Å². The standard InChI is InChI=1S/C58H37NS/c1-3-15-38(16-4-1)40-28-30-56(52(33-40)39-17-5-2-6-18-39)59(45-29-27-41-36-58-55(35-44(41)32-45)51-25-13-14-26-57(51)60-58)46-31-42-19-7-10-22-48(42)54(37-46)53-34-43-20-8-9-21-47(43)49-23-11-12-24-50(49)53/h1-37H. The average molecular weight is 780 g/mol. The van der Waals surface area contributed by atoms with Crippen LogP contribution in [-0.4, -0.2) is 0 Å². The van der Waals surface area contributed by atoms with Crippen molar-refractivity contribution in [2.75, 3.05) is 4.90 Å². The van der Waals surface area contributed by atoms with Gasteiger partial charge in [-0.15, -0.1) is 11.3 Å². The first-order valence-electron chi connectivity index (χ1n) is 20.6. The molecule has 1 aromatic heterocycles. The molecule has 0 spiro atoms. The fraction of sp³-hybridized carbons (Fsp3) is 0. The van der Waals surface area contributed by atoms with E-state index in [0.717, 1.165) is 17.1 Å².